The van der Waals surface area contributed by atoms with Gasteiger partial charge >= 0.3 is 0 Å². The van der Waals surface area contributed by atoms with Crippen LogP contribution in [-0.2, 0) is 0 Å². The summed E-state index contributed by atoms with van der Waals surface area (Å²) in [5.74, 6) is -3.77. The van der Waals surface area contributed by atoms with Crippen LogP contribution in [0, 0.1) is 24.4 Å². The van der Waals surface area contributed by atoms with Crippen LogP contribution >= 0.6 is 0 Å². The lowest BCUT2D eigenvalue weighted by Gasteiger charge is -2.02. The molecule has 0 unspecified atom stereocenters. The monoisotopic (exact) mass is 172 g/mol. The first-order chi connectivity index (χ1) is 5.57. The molecule has 0 aliphatic carbocycles. The van der Waals surface area contributed by atoms with Crippen LogP contribution in [0.5, 0.6) is 0 Å². The molecule has 0 amide bonds. The maximum Gasteiger partial charge on any atom is 0.195 e. The Bertz CT molecular complexity index is 329. The largest absolute Gasteiger partial charge is 0.203 e. The van der Waals surface area contributed by atoms with E-state index in [1.54, 1.807) is 0 Å². The van der Waals surface area contributed by atoms with Gasteiger partial charge in [-0.2, -0.15) is 0 Å². The third-order valence-electron chi connectivity index (χ3n) is 1.58. The van der Waals surface area contributed by atoms with Crippen molar-refractivity contribution in [1.29, 1.82) is 0 Å². The smallest absolute Gasteiger partial charge is 0.195 e. The Morgan fingerprint density at radius 2 is 1.75 bits per heavy atom. The summed E-state index contributed by atoms with van der Waals surface area (Å²) in [7, 11) is 0. The van der Waals surface area contributed by atoms with Gasteiger partial charge in [-0.1, -0.05) is 12.7 Å². The molecule has 0 aromatic heterocycles. The molecule has 0 fully saturated rings. The van der Waals surface area contributed by atoms with E-state index in [1.165, 1.54) is 13.0 Å². The molecule has 0 nitrogen and oxygen atoms in total. The number of rotatable bonds is 1. The van der Waals surface area contributed by atoms with Gasteiger partial charge < -0.3 is 0 Å². The van der Waals surface area contributed by atoms with Crippen LogP contribution in [0.4, 0.5) is 13.2 Å². The molecule has 1 aromatic rings. The molecule has 0 saturated carbocycles. The second-order valence-electron chi connectivity index (χ2n) is 2.43. The zero-order valence-corrected chi connectivity index (χ0v) is 6.50. The standard InChI is InChI=1S/C9H7F3/c1-3-6-4-5(2)7(10)9(12)8(6)11/h3-4H,1H2,2H3. The number of hydrogen-bond acceptors (Lipinski definition) is 0. The topological polar surface area (TPSA) is 0 Å². The Morgan fingerprint density at radius 3 is 2.25 bits per heavy atom. The quantitative estimate of drug-likeness (QED) is 0.571. The normalized spacial score (nSPS) is 10.0. The third kappa shape index (κ3) is 1.22. The van der Waals surface area contributed by atoms with E-state index in [-0.39, 0.29) is 11.1 Å². The van der Waals surface area contributed by atoms with E-state index in [0.717, 1.165) is 6.08 Å². The average Bonchev–Trinajstić information content (AvgIpc) is 2.08. The van der Waals surface area contributed by atoms with Crippen molar-refractivity contribution in [1.82, 2.24) is 0 Å². The van der Waals surface area contributed by atoms with Gasteiger partial charge in [-0.3, -0.25) is 0 Å². The van der Waals surface area contributed by atoms with Gasteiger partial charge in [0.2, 0.25) is 0 Å². The Kier molecular flexibility index (Phi) is 2.22. The molecular formula is C9H7F3. The molecule has 1 aromatic carbocycles. The molecule has 0 aliphatic rings. The summed E-state index contributed by atoms with van der Waals surface area (Å²) in [6.07, 6.45) is 1.14. The lowest BCUT2D eigenvalue weighted by Crippen LogP contribution is -1.96. The summed E-state index contributed by atoms with van der Waals surface area (Å²) in [5.41, 5.74) is 0.0511. The van der Waals surface area contributed by atoms with Crippen LogP contribution < -0.4 is 0 Å². The SMILES string of the molecule is C=Cc1cc(C)c(F)c(F)c1F. The van der Waals surface area contributed by atoms with Gasteiger partial charge in [0.25, 0.3) is 0 Å². The Labute approximate surface area is 68.3 Å². The predicted molar refractivity (Wildman–Crippen MR) is 41.1 cm³/mol. The van der Waals surface area contributed by atoms with Crippen LogP contribution in [0.2, 0.25) is 0 Å². The van der Waals surface area contributed by atoms with Gasteiger partial charge in [0.05, 0.1) is 0 Å². The maximum absolute atomic E-state index is 12.8. The number of aryl methyl sites for hydroxylation is 1. The first kappa shape index (κ1) is 8.84. The molecule has 0 radical (unpaired) electrons. The predicted octanol–water partition coefficient (Wildman–Crippen LogP) is 3.06. The van der Waals surface area contributed by atoms with E-state index >= 15 is 0 Å². The van der Waals surface area contributed by atoms with Crippen molar-refractivity contribution in [3.05, 3.63) is 41.2 Å². The molecule has 0 atom stereocenters. The first-order valence-corrected chi connectivity index (χ1v) is 3.34. The molecule has 3 heteroatoms. The number of hydrogen-bond donors (Lipinski definition) is 0. The minimum absolute atomic E-state index is 0.0219. The highest BCUT2D eigenvalue weighted by Gasteiger charge is 2.14. The number of halogens is 3. The summed E-state index contributed by atoms with van der Waals surface area (Å²) >= 11 is 0. The van der Waals surface area contributed by atoms with Crippen molar-refractivity contribution in [3.63, 3.8) is 0 Å². The summed E-state index contributed by atoms with van der Waals surface area (Å²) in [4.78, 5) is 0. The summed E-state index contributed by atoms with van der Waals surface area (Å²) in [6.45, 7) is 4.64. The molecule has 0 saturated heterocycles. The molecule has 0 bridgehead atoms. The van der Waals surface area contributed by atoms with Crippen LogP contribution in [0.25, 0.3) is 6.08 Å². The van der Waals surface area contributed by atoms with Gasteiger partial charge in [0.1, 0.15) is 0 Å². The highest BCUT2D eigenvalue weighted by Crippen LogP contribution is 2.19. The van der Waals surface area contributed by atoms with E-state index in [9.17, 15) is 13.2 Å². The molecule has 0 heterocycles. The Balaban J connectivity index is 3.49. The Morgan fingerprint density at radius 1 is 1.17 bits per heavy atom. The highest BCUT2D eigenvalue weighted by atomic mass is 19.2. The summed E-state index contributed by atoms with van der Waals surface area (Å²) < 4.78 is 38.1. The van der Waals surface area contributed by atoms with E-state index in [1.807, 2.05) is 0 Å². The van der Waals surface area contributed by atoms with E-state index in [2.05, 4.69) is 6.58 Å². The van der Waals surface area contributed by atoms with E-state index in [4.69, 9.17) is 0 Å². The van der Waals surface area contributed by atoms with Gasteiger partial charge in [0, 0.05) is 5.56 Å². The van der Waals surface area contributed by atoms with Gasteiger partial charge in [-0.15, -0.1) is 0 Å². The lowest BCUT2D eigenvalue weighted by molar-refractivity contribution is 0.442. The second kappa shape index (κ2) is 3.01. The van der Waals surface area contributed by atoms with Crippen LogP contribution in [0.15, 0.2) is 12.6 Å². The summed E-state index contributed by atoms with van der Waals surface area (Å²) in [5, 5.41) is 0. The zero-order chi connectivity index (χ0) is 9.30. The molecule has 0 aliphatic heterocycles. The minimum Gasteiger partial charge on any atom is -0.203 e. The van der Waals surface area contributed by atoms with Crippen molar-refractivity contribution in [2.45, 2.75) is 6.92 Å². The first-order valence-electron chi connectivity index (χ1n) is 3.34. The molecule has 0 N–H and O–H groups in total. The molecule has 0 spiro atoms. The van der Waals surface area contributed by atoms with Crippen molar-refractivity contribution < 1.29 is 13.2 Å². The fourth-order valence-corrected chi connectivity index (χ4v) is 0.905. The maximum atomic E-state index is 12.8. The third-order valence-corrected chi connectivity index (χ3v) is 1.58. The molecule has 64 valence electrons. The Hall–Kier alpha value is -1.25. The van der Waals surface area contributed by atoms with Crippen LogP contribution in [-0.4, -0.2) is 0 Å². The zero-order valence-electron chi connectivity index (χ0n) is 6.50. The number of benzene rings is 1. The molecular weight excluding hydrogens is 165 g/mol. The minimum atomic E-state index is -1.44. The van der Waals surface area contributed by atoms with Crippen molar-refractivity contribution >= 4 is 6.08 Å². The highest BCUT2D eigenvalue weighted by molar-refractivity contribution is 5.49. The van der Waals surface area contributed by atoms with Gasteiger partial charge in [-0.05, 0) is 18.6 Å². The van der Waals surface area contributed by atoms with Gasteiger partial charge in [-0.25, -0.2) is 13.2 Å². The average molecular weight is 172 g/mol. The molecule has 12 heavy (non-hydrogen) atoms. The van der Waals surface area contributed by atoms with Crippen molar-refractivity contribution in [2.75, 3.05) is 0 Å². The fourth-order valence-electron chi connectivity index (χ4n) is 0.905. The van der Waals surface area contributed by atoms with Crippen LogP contribution in [0.1, 0.15) is 11.1 Å². The lowest BCUT2D eigenvalue weighted by atomic mass is 10.1. The van der Waals surface area contributed by atoms with E-state index in [0.29, 0.717) is 0 Å². The van der Waals surface area contributed by atoms with Crippen molar-refractivity contribution in [3.8, 4) is 0 Å². The molecule has 1 rings (SSSR count). The fraction of sp³-hybridized carbons (Fsp3) is 0.111. The van der Waals surface area contributed by atoms with Gasteiger partial charge in [0.15, 0.2) is 17.5 Å². The summed E-state index contributed by atoms with van der Waals surface area (Å²) in [6, 6.07) is 1.21. The second-order valence-corrected chi connectivity index (χ2v) is 2.43. The van der Waals surface area contributed by atoms with Crippen molar-refractivity contribution in [2.24, 2.45) is 0 Å². The van der Waals surface area contributed by atoms with E-state index < -0.39 is 17.5 Å². The van der Waals surface area contributed by atoms with Crippen LogP contribution in [0.3, 0.4) is 0 Å².